The number of fused-ring (bicyclic) bond motifs is 5. The highest BCUT2D eigenvalue weighted by Crippen LogP contribution is 2.66. The zero-order valence-electron chi connectivity index (χ0n) is 40.3. The van der Waals surface area contributed by atoms with Crippen LogP contribution in [-0.2, 0) is 18.9 Å². The van der Waals surface area contributed by atoms with E-state index >= 15 is 0 Å². The molecule has 1 heterocycles. The normalized spacial score (nSPS) is 31.1. The Bertz CT molecular complexity index is 1090. The fraction of sp³-hybridized carbons (Fsp3) is 0.925. The Labute approximate surface area is 362 Å². The molecule has 58 heavy (non-hydrogen) atoms. The van der Waals surface area contributed by atoms with Crippen LogP contribution in [0.15, 0.2) is 23.8 Å². The Hall–Kier alpha value is -0.720. The number of hydrogen-bond donors (Lipinski definition) is 0. The van der Waals surface area contributed by atoms with E-state index in [1.165, 1.54) is 141 Å². The van der Waals surface area contributed by atoms with Crippen molar-refractivity contribution in [1.29, 1.82) is 0 Å². The van der Waals surface area contributed by atoms with Gasteiger partial charge in [-0.25, -0.2) is 0 Å². The van der Waals surface area contributed by atoms with Gasteiger partial charge in [-0.1, -0.05) is 137 Å². The summed E-state index contributed by atoms with van der Waals surface area (Å²) in [6.45, 7) is 27.1. The highest BCUT2D eigenvalue weighted by atomic mass is 16.6. The van der Waals surface area contributed by atoms with Gasteiger partial charge in [0.15, 0.2) is 0 Å². The molecule has 5 rings (SSSR count). The number of hydrogen-bond acceptors (Lipinski definition) is 5. The van der Waals surface area contributed by atoms with Crippen LogP contribution in [0.3, 0.4) is 0 Å². The van der Waals surface area contributed by atoms with E-state index in [1.54, 1.807) is 5.57 Å². The minimum atomic E-state index is 0.116. The molecule has 0 amide bonds. The first-order valence-corrected chi connectivity index (χ1v) is 25.7. The third-order valence-electron chi connectivity index (χ3n) is 15.1. The van der Waals surface area contributed by atoms with Crippen LogP contribution in [0.25, 0.3) is 0 Å². The molecular weight excluding hydrogens is 715 g/mol. The molecule has 9 atom stereocenters. The van der Waals surface area contributed by atoms with Crippen LogP contribution in [0.1, 0.15) is 210 Å². The summed E-state index contributed by atoms with van der Waals surface area (Å²) in [7, 11) is 0. The summed E-state index contributed by atoms with van der Waals surface area (Å²) in [5.41, 5.74) is 2.74. The average molecular weight is 814 g/mol. The van der Waals surface area contributed by atoms with E-state index in [9.17, 15) is 0 Å². The molecule has 1 aliphatic heterocycles. The summed E-state index contributed by atoms with van der Waals surface area (Å²) in [6.07, 6.45) is 38.1. The van der Waals surface area contributed by atoms with Crippen molar-refractivity contribution in [2.45, 2.75) is 228 Å². The lowest BCUT2D eigenvalue weighted by Crippen LogP contribution is -2.50. The highest BCUT2D eigenvalue weighted by molar-refractivity contribution is 5.25. The van der Waals surface area contributed by atoms with Crippen LogP contribution >= 0.6 is 0 Å². The SMILES string of the molecule is CCC.CCC.CCCC/C=C\CCCCCCCCOCC(CN1CCCC1C)OCCOCCO[C@H]1CC[C@@]2(C)C(=CC[C@H]3C4CCC(CC)[C@@]4(C)CCC32)C1. The molecule has 0 aromatic heterocycles. The molecule has 4 fully saturated rings. The number of unbranched alkanes of at least 4 members (excludes halogenated alkanes) is 8. The van der Waals surface area contributed by atoms with E-state index in [-0.39, 0.29) is 6.10 Å². The van der Waals surface area contributed by atoms with Crippen LogP contribution in [0.5, 0.6) is 0 Å². The van der Waals surface area contributed by atoms with Crippen LogP contribution in [0, 0.1) is 34.5 Å². The Morgan fingerprint density at radius 2 is 1.45 bits per heavy atom. The number of likely N-dealkylation sites (tertiary alicyclic amines) is 1. The Balaban J connectivity index is 0.00000141. The Morgan fingerprint density at radius 3 is 2.16 bits per heavy atom. The monoisotopic (exact) mass is 814 g/mol. The molecule has 5 nitrogen and oxygen atoms in total. The van der Waals surface area contributed by atoms with Gasteiger partial charge in [0, 0.05) is 19.2 Å². The molecule has 5 unspecified atom stereocenters. The summed E-state index contributed by atoms with van der Waals surface area (Å²) in [5.74, 6) is 3.72. The molecule has 0 aromatic carbocycles. The van der Waals surface area contributed by atoms with Crippen molar-refractivity contribution in [3.05, 3.63) is 23.8 Å². The predicted octanol–water partition coefficient (Wildman–Crippen LogP) is 14.6. The maximum Gasteiger partial charge on any atom is 0.0936 e. The van der Waals surface area contributed by atoms with Crippen LogP contribution in [0.2, 0.25) is 0 Å². The molecule has 0 spiro atoms. The maximum atomic E-state index is 6.45. The van der Waals surface area contributed by atoms with Gasteiger partial charge in [-0.3, -0.25) is 4.90 Å². The summed E-state index contributed by atoms with van der Waals surface area (Å²) < 4.78 is 25.0. The fourth-order valence-corrected chi connectivity index (χ4v) is 11.8. The number of ether oxygens (including phenoxy) is 4. The van der Waals surface area contributed by atoms with E-state index in [2.05, 4.69) is 85.4 Å². The first-order valence-electron chi connectivity index (χ1n) is 25.7. The lowest BCUT2D eigenvalue weighted by Gasteiger charge is -2.58. The van der Waals surface area contributed by atoms with Crippen LogP contribution in [-0.4, -0.2) is 75.9 Å². The van der Waals surface area contributed by atoms with Gasteiger partial charge in [0.05, 0.1) is 45.2 Å². The van der Waals surface area contributed by atoms with Crippen molar-refractivity contribution in [1.82, 2.24) is 4.90 Å². The standard InChI is InChI=1S/C47H83NO4.2C3H8/c1-6-8-9-10-11-12-13-14-15-16-17-18-30-50-37-42(36-48-29-19-20-38(48)3)52-34-32-49-31-33-51-41-25-27-47(5)40(35-41)21-23-43-44-24-22-39(7-2)46(44,4)28-26-45(43)47;2*1-3-2/h10-11,21,38-39,41-45H,6-9,12-20,22-37H2,1-5H3;2*3H2,1-2H3/b11-10-;;/t38?,39?,41-,42?,43-,44?,45?,46+,47-;;/m0../s1. The van der Waals surface area contributed by atoms with Gasteiger partial charge in [-0.05, 0) is 138 Å². The third kappa shape index (κ3) is 16.5. The minimum absolute atomic E-state index is 0.116. The molecule has 0 N–H and O–H groups in total. The van der Waals surface area contributed by atoms with E-state index in [0.29, 0.717) is 56.0 Å². The third-order valence-corrected chi connectivity index (χ3v) is 15.1. The quantitative estimate of drug-likeness (QED) is 0.0678. The predicted molar refractivity (Wildman–Crippen MR) is 250 cm³/mol. The molecule has 0 bridgehead atoms. The molecule has 340 valence electrons. The summed E-state index contributed by atoms with van der Waals surface area (Å²) in [6, 6.07) is 0.647. The Morgan fingerprint density at radius 1 is 0.741 bits per heavy atom. The fourth-order valence-electron chi connectivity index (χ4n) is 11.8. The smallest absolute Gasteiger partial charge is 0.0936 e. The molecular formula is C53H99NO4. The molecule has 3 saturated carbocycles. The van der Waals surface area contributed by atoms with Gasteiger partial charge in [0.2, 0.25) is 0 Å². The zero-order valence-corrected chi connectivity index (χ0v) is 40.3. The van der Waals surface area contributed by atoms with Crippen molar-refractivity contribution in [2.24, 2.45) is 34.5 Å². The molecule has 5 heteroatoms. The number of allylic oxidation sites excluding steroid dienone is 3. The lowest BCUT2D eigenvalue weighted by atomic mass is 9.47. The summed E-state index contributed by atoms with van der Waals surface area (Å²) in [5, 5.41) is 0. The summed E-state index contributed by atoms with van der Waals surface area (Å²) in [4.78, 5) is 2.58. The van der Waals surface area contributed by atoms with Crippen molar-refractivity contribution >= 4 is 0 Å². The minimum Gasteiger partial charge on any atom is -0.379 e. The van der Waals surface area contributed by atoms with Crippen LogP contribution in [0.4, 0.5) is 0 Å². The largest absolute Gasteiger partial charge is 0.379 e. The molecule has 5 aliphatic rings. The highest BCUT2D eigenvalue weighted by Gasteiger charge is 2.58. The van der Waals surface area contributed by atoms with Crippen LogP contribution < -0.4 is 0 Å². The lowest BCUT2D eigenvalue weighted by molar-refractivity contribution is -0.0710. The Kier molecular flexibility index (Phi) is 26.3. The van der Waals surface area contributed by atoms with E-state index in [0.717, 1.165) is 49.7 Å². The van der Waals surface area contributed by atoms with E-state index in [4.69, 9.17) is 18.9 Å². The van der Waals surface area contributed by atoms with Gasteiger partial charge < -0.3 is 18.9 Å². The second-order valence-electron chi connectivity index (χ2n) is 19.8. The van der Waals surface area contributed by atoms with Gasteiger partial charge in [-0.2, -0.15) is 0 Å². The second-order valence-corrected chi connectivity index (χ2v) is 19.8. The van der Waals surface area contributed by atoms with Crippen molar-refractivity contribution in [2.75, 3.05) is 52.7 Å². The van der Waals surface area contributed by atoms with Gasteiger partial charge in [0.25, 0.3) is 0 Å². The van der Waals surface area contributed by atoms with E-state index in [1.807, 2.05) is 0 Å². The zero-order chi connectivity index (χ0) is 42.1. The number of nitrogens with zero attached hydrogens (tertiary/aromatic N) is 1. The maximum absolute atomic E-state index is 6.45. The molecule has 1 saturated heterocycles. The van der Waals surface area contributed by atoms with Crippen molar-refractivity contribution < 1.29 is 18.9 Å². The second kappa shape index (κ2) is 29.6. The first-order chi connectivity index (χ1) is 28.2. The molecule has 0 aromatic rings. The van der Waals surface area contributed by atoms with Crippen molar-refractivity contribution in [3.63, 3.8) is 0 Å². The van der Waals surface area contributed by atoms with Gasteiger partial charge >= 0.3 is 0 Å². The van der Waals surface area contributed by atoms with Gasteiger partial charge in [-0.15, -0.1) is 0 Å². The van der Waals surface area contributed by atoms with E-state index < -0.39 is 0 Å². The average Bonchev–Trinajstić information content (AvgIpc) is 3.78. The first kappa shape index (κ1) is 51.6. The van der Waals surface area contributed by atoms with Gasteiger partial charge in [0.1, 0.15) is 0 Å². The topological polar surface area (TPSA) is 40.2 Å². The van der Waals surface area contributed by atoms with Crippen molar-refractivity contribution in [3.8, 4) is 0 Å². The molecule has 0 radical (unpaired) electrons. The number of rotatable bonds is 25. The molecule has 4 aliphatic carbocycles. The summed E-state index contributed by atoms with van der Waals surface area (Å²) >= 11 is 0.